The number of nitrogens with one attached hydrogen (secondary N) is 1. The summed E-state index contributed by atoms with van der Waals surface area (Å²) in [6, 6.07) is 24.7. The average Bonchev–Trinajstić information content (AvgIpc) is 2.80. The molecule has 0 fully saturated rings. The quantitative estimate of drug-likeness (QED) is 0.342. The number of fused-ring (bicyclic) bond motifs is 1. The summed E-state index contributed by atoms with van der Waals surface area (Å²) in [7, 11) is 1.66. The van der Waals surface area contributed by atoms with Crippen LogP contribution in [0.1, 0.15) is 16.7 Å². The third kappa shape index (κ3) is 4.98. The van der Waals surface area contributed by atoms with Gasteiger partial charge in [-0.3, -0.25) is 0 Å². The highest BCUT2D eigenvalue weighted by Gasteiger charge is 2.12. The third-order valence-electron chi connectivity index (χ3n) is 5.22. The van der Waals surface area contributed by atoms with Crippen LogP contribution in [0.15, 0.2) is 78.9 Å². The minimum Gasteiger partial charge on any atom is -0.497 e. The van der Waals surface area contributed by atoms with E-state index in [-0.39, 0.29) is 12.4 Å². The molecule has 0 saturated carbocycles. The highest BCUT2D eigenvalue weighted by Crippen LogP contribution is 2.30. The van der Waals surface area contributed by atoms with Gasteiger partial charge in [0.25, 0.3) is 0 Å². The standard InChI is InChI=1S/C26H23ClFNO2/c1-30-20-12-9-18(10-13-20)15-29-16-22-21-6-3-2-5-19(21)11-14-26(22)31-17-23-24(27)7-4-8-25(23)28/h2-14,29H,15-17H2,1H3. The number of benzene rings is 4. The van der Waals surface area contributed by atoms with E-state index >= 15 is 0 Å². The maximum atomic E-state index is 14.2. The van der Waals surface area contributed by atoms with Crippen LogP contribution in [0, 0.1) is 5.82 Å². The summed E-state index contributed by atoms with van der Waals surface area (Å²) in [5, 5.41) is 6.07. The maximum Gasteiger partial charge on any atom is 0.131 e. The number of halogens is 2. The Morgan fingerprint density at radius 1 is 0.839 bits per heavy atom. The van der Waals surface area contributed by atoms with Crippen molar-refractivity contribution in [1.82, 2.24) is 5.32 Å². The molecule has 3 nitrogen and oxygen atoms in total. The first-order chi connectivity index (χ1) is 15.2. The molecule has 0 heterocycles. The van der Waals surface area contributed by atoms with E-state index in [1.54, 1.807) is 19.2 Å². The highest BCUT2D eigenvalue weighted by molar-refractivity contribution is 6.31. The van der Waals surface area contributed by atoms with E-state index < -0.39 is 0 Å². The van der Waals surface area contributed by atoms with Crippen molar-refractivity contribution in [3.63, 3.8) is 0 Å². The van der Waals surface area contributed by atoms with Gasteiger partial charge in [0, 0.05) is 24.2 Å². The zero-order valence-corrected chi connectivity index (χ0v) is 18.0. The van der Waals surface area contributed by atoms with Gasteiger partial charge < -0.3 is 14.8 Å². The van der Waals surface area contributed by atoms with Crippen molar-refractivity contribution in [2.24, 2.45) is 0 Å². The van der Waals surface area contributed by atoms with Crippen LogP contribution < -0.4 is 14.8 Å². The average molecular weight is 436 g/mol. The molecule has 4 aromatic rings. The fourth-order valence-electron chi connectivity index (χ4n) is 3.53. The van der Waals surface area contributed by atoms with Gasteiger partial charge in [-0.25, -0.2) is 4.39 Å². The molecule has 4 rings (SSSR count). The molecule has 0 amide bonds. The van der Waals surface area contributed by atoms with Crippen molar-refractivity contribution < 1.29 is 13.9 Å². The van der Waals surface area contributed by atoms with E-state index in [1.165, 1.54) is 6.07 Å². The summed E-state index contributed by atoms with van der Waals surface area (Å²) < 4.78 is 25.4. The second-order valence-electron chi connectivity index (χ2n) is 7.20. The van der Waals surface area contributed by atoms with Gasteiger partial charge >= 0.3 is 0 Å². The third-order valence-corrected chi connectivity index (χ3v) is 5.58. The minimum atomic E-state index is -0.368. The van der Waals surface area contributed by atoms with Crippen molar-refractivity contribution in [2.45, 2.75) is 19.7 Å². The van der Waals surface area contributed by atoms with Crippen LogP contribution >= 0.6 is 11.6 Å². The number of rotatable bonds is 8. The molecule has 5 heteroatoms. The Bertz CT molecular complexity index is 1160. The Labute approximate surface area is 186 Å². The summed E-state index contributed by atoms with van der Waals surface area (Å²) in [6.07, 6.45) is 0. The molecular weight excluding hydrogens is 413 g/mol. The predicted octanol–water partition coefficient (Wildman–Crippen LogP) is 6.51. The zero-order valence-electron chi connectivity index (χ0n) is 17.2. The molecule has 4 aromatic carbocycles. The van der Waals surface area contributed by atoms with E-state index in [4.69, 9.17) is 21.1 Å². The number of hydrogen-bond acceptors (Lipinski definition) is 3. The lowest BCUT2D eigenvalue weighted by molar-refractivity contribution is 0.296. The van der Waals surface area contributed by atoms with Gasteiger partial charge in [-0.1, -0.05) is 60.1 Å². The number of hydrogen-bond donors (Lipinski definition) is 1. The molecule has 158 valence electrons. The molecule has 0 saturated heterocycles. The van der Waals surface area contributed by atoms with Crippen LogP contribution in [0.25, 0.3) is 10.8 Å². The molecule has 0 spiro atoms. The first-order valence-electron chi connectivity index (χ1n) is 10.1. The van der Waals surface area contributed by atoms with E-state index in [9.17, 15) is 4.39 Å². The van der Waals surface area contributed by atoms with Gasteiger partial charge in [0.1, 0.15) is 23.9 Å². The summed E-state index contributed by atoms with van der Waals surface area (Å²) in [5.41, 5.74) is 2.54. The molecule has 0 aliphatic rings. The number of methoxy groups -OCH3 is 1. The Hall–Kier alpha value is -3.08. The molecule has 1 N–H and O–H groups in total. The molecule has 0 aliphatic carbocycles. The Morgan fingerprint density at radius 3 is 2.42 bits per heavy atom. The first kappa shape index (κ1) is 21.2. The summed E-state index contributed by atoms with van der Waals surface area (Å²) in [6.45, 7) is 1.37. The molecule has 0 bridgehead atoms. The van der Waals surface area contributed by atoms with Crippen molar-refractivity contribution in [2.75, 3.05) is 7.11 Å². The first-order valence-corrected chi connectivity index (χ1v) is 10.4. The molecule has 0 radical (unpaired) electrons. The van der Waals surface area contributed by atoms with Crippen LogP contribution in [-0.2, 0) is 19.7 Å². The Balaban J connectivity index is 1.55. The van der Waals surface area contributed by atoms with Crippen LogP contribution in [0.2, 0.25) is 5.02 Å². The fourth-order valence-corrected chi connectivity index (χ4v) is 3.75. The van der Waals surface area contributed by atoms with Crippen LogP contribution in [0.4, 0.5) is 4.39 Å². The highest BCUT2D eigenvalue weighted by atomic mass is 35.5. The van der Waals surface area contributed by atoms with Gasteiger partial charge in [-0.2, -0.15) is 0 Å². The largest absolute Gasteiger partial charge is 0.497 e. The monoisotopic (exact) mass is 435 g/mol. The lowest BCUT2D eigenvalue weighted by Gasteiger charge is -2.16. The lowest BCUT2D eigenvalue weighted by Crippen LogP contribution is -2.14. The molecule has 0 aliphatic heterocycles. The van der Waals surface area contributed by atoms with Crippen molar-refractivity contribution in [3.8, 4) is 11.5 Å². The minimum absolute atomic E-state index is 0.0648. The summed E-state index contributed by atoms with van der Waals surface area (Å²) >= 11 is 6.16. The van der Waals surface area contributed by atoms with Gasteiger partial charge in [0.05, 0.1) is 12.1 Å². The van der Waals surface area contributed by atoms with Crippen molar-refractivity contribution in [1.29, 1.82) is 0 Å². The Kier molecular flexibility index (Phi) is 6.70. The van der Waals surface area contributed by atoms with E-state index in [2.05, 4.69) is 17.4 Å². The molecule has 0 atom stereocenters. The summed E-state index contributed by atoms with van der Waals surface area (Å²) in [5.74, 6) is 1.17. The van der Waals surface area contributed by atoms with Crippen LogP contribution in [0.3, 0.4) is 0 Å². The van der Waals surface area contributed by atoms with Crippen LogP contribution in [-0.4, -0.2) is 7.11 Å². The second-order valence-corrected chi connectivity index (χ2v) is 7.61. The molecular formula is C26H23ClFNO2. The van der Waals surface area contributed by atoms with Gasteiger partial charge in [-0.05, 0) is 46.7 Å². The van der Waals surface area contributed by atoms with Gasteiger partial charge in [0.2, 0.25) is 0 Å². The number of ether oxygens (including phenoxy) is 2. The molecule has 0 unspecified atom stereocenters. The normalized spacial score (nSPS) is 10.9. The SMILES string of the molecule is COc1ccc(CNCc2c(OCc3c(F)cccc3Cl)ccc3ccccc23)cc1. The topological polar surface area (TPSA) is 30.5 Å². The van der Waals surface area contributed by atoms with E-state index in [0.29, 0.717) is 29.4 Å². The molecule has 31 heavy (non-hydrogen) atoms. The lowest BCUT2D eigenvalue weighted by atomic mass is 10.0. The Morgan fingerprint density at radius 2 is 1.65 bits per heavy atom. The summed E-state index contributed by atoms with van der Waals surface area (Å²) in [4.78, 5) is 0. The predicted molar refractivity (Wildman–Crippen MR) is 123 cm³/mol. The van der Waals surface area contributed by atoms with Gasteiger partial charge in [0.15, 0.2) is 0 Å². The fraction of sp³-hybridized carbons (Fsp3) is 0.154. The van der Waals surface area contributed by atoms with Crippen molar-refractivity contribution in [3.05, 3.63) is 106 Å². The molecule has 0 aromatic heterocycles. The maximum absolute atomic E-state index is 14.2. The van der Waals surface area contributed by atoms with Gasteiger partial charge in [-0.15, -0.1) is 0 Å². The van der Waals surface area contributed by atoms with E-state index in [1.807, 2.05) is 48.5 Å². The van der Waals surface area contributed by atoms with Crippen LogP contribution in [0.5, 0.6) is 11.5 Å². The zero-order chi connectivity index (χ0) is 21.6. The van der Waals surface area contributed by atoms with E-state index in [0.717, 1.165) is 27.6 Å². The van der Waals surface area contributed by atoms with Crippen molar-refractivity contribution >= 4 is 22.4 Å². The second kappa shape index (κ2) is 9.82. The smallest absolute Gasteiger partial charge is 0.131 e.